The summed E-state index contributed by atoms with van der Waals surface area (Å²) in [5.74, 6) is -0.134. The third-order valence-corrected chi connectivity index (χ3v) is 4.18. The predicted octanol–water partition coefficient (Wildman–Crippen LogP) is 2.00. The number of rotatable bonds is 5. The van der Waals surface area contributed by atoms with E-state index >= 15 is 0 Å². The molecule has 0 bridgehead atoms. The van der Waals surface area contributed by atoms with Crippen molar-refractivity contribution in [3.05, 3.63) is 29.8 Å². The molecule has 0 aliphatic rings. The molecular formula is C12H16F3NO3S. The van der Waals surface area contributed by atoms with Crippen molar-refractivity contribution in [3.8, 4) is 0 Å². The number of alkyl halides is 3. The quantitative estimate of drug-likeness (QED) is 0.874. The summed E-state index contributed by atoms with van der Waals surface area (Å²) < 4.78 is 62.9. The van der Waals surface area contributed by atoms with Gasteiger partial charge in [-0.3, -0.25) is 0 Å². The second kappa shape index (κ2) is 6.11. The molecule has 0 fully saturated rings. The predicted molar refractivity (Wildman–Crippen MR) is 67.5 cm³/mol. The maximum atomic E-state index is 12.4. The fourth-order valence-electron chi connectivity index (χ4n) is 1.34. The minimum Gasteiger partial charge on any atom is -0.391 e. The zero-order valence-electron chi connectivity index (χ0n) is 11.0. The van der Waals surface area contributed by atoms with Gasteiger partial charge < -0.3 is 5.11 Å². The van der Waals surface area contributed by atoms with Crippen molar-refractivity contribution in [1.29, 1.82) is 0 Å². The minimum absolute atomic E-state index is 0.134. The van der Waals surface area contributed by atoms with Crippen molar-refractivity contribution in [1.82, 2.24) is 4.72 Å². The molecule has 2 N–H and O–H groups in total. The zero-order chi connectivity index (χ0) is 15.6. The summed E-state index contributed by atoms with van der Waals surface area (Å²) in [7, 11) is -3.93. The van der Waals surface area contributed by atoms with E-state index in [0.717, 1.165) is 12.1 Å². The van der Waals surface area contributed by atoms with Crippen LogP contribution in [0.3, 0.4) is 0 Å². The first-order valence-electron chi connectivity index (χ1n) is 5.89. The van der Waals surface area contributed by atoms with Gasteiger partial charge in [0.1, 0.15) is 0 Å². The van der Waals surface area contributed by atoms with Gasteiger partial charge in [-0.2, -0.15) is 13.2 Å². The summed E-state index contributed by atoms with van der Waals surface area (Å²) in [6.45, 7) is 3.25. The number of hydrogen-bond acceptors (Lipinski definition) is 3. The lowest BCUT2D eigenvalue weighted by molar-refractivity contribution is -0.137. The van der Waals surface area contributed by atoms with Gasteiger partial charge in [0.05, 0.1) is 16.6 Å². The maximum Gasteiger partial charge on any atom is 0.416 e. The van der Waals surface area contributed by atoms with Crippen molar-refractivity contribution in [2.75, 3.05) is 6.54 Å². The number of aliphatic hydroxyl groups is 1. The van der Waals surface area contributed by atoms with E-state index < -0.39 is 27.9 Å². The molecule has 0 saturated heterocycles. The maximum absolute atomic E-state index is 12.4. The van der Waals surface area contributed by atoms with Crippen LogP contribution in [0.2, 0.25) is 0 Å². The molecule has 0 spiro atoms. The van der Waals surface area contributed by atoms with Crippen LogP contribution in [0.25, 0.3) is 0 Å². The Morgan fingerprint density at radius 1 is 1.20 bits per heavy atom. The molecule has 4 nitrogen and oxygen atoms in total. The van der Waals surface area contributed by atoms with Crippen LogP contribution in [0, 0.1) is 5.92 Å². The van der Waals surface area contributed by atoms with Gasteiger partial charge in [0.2, 0.25) is 10.0 Å². The summed E-state index contributed by atoms with van der Waals surface area (Å²) in [4.78, 5) is -0.276. The van der Waals surface area contributed by atoms with Crippen molar-refractivity contribution in [2.24, 2.45) is 5.92 Å². The molecule has 1 aromatic carbocycles. The Hall–Kier alpha value is -1.12. The number of nitrogens with one attached hydrogen (secondary N) is 1. The molecule has 1 atom stereocenters. The Morgan fingerprint density at radius 3 is 2.10 bits per heavy atom. The molecule has 0 aliphatic heterocycles. The highest BCUT2D eigenvalue weighted by molar-refractivity contribution is 7.89. The van der Waals surface area contributed by atoms with Gasteiger partial charge in [-0.1, -0.05) is 13.8 Å². The summed E-state index contributed by atoms with van der Waals surface area (Å²) in [6.07, 6.45) is -5.37. The molecule has 0 radical (unpaired) electrons. The summed E-state index contributed by atoms with van der Waals surface area (Å²) in [5, 5.41) is 9.51. The third-order valence-electron chi connectivity index (χ3n) is 2.74. The molecule has 0 heterocycles. The second-order valence-corrected chi connectivity index (χ2v) is 6.45. The Bertz CT molecular complexity index is 538. The van der Waals surface area contributed by atoms with Gasteiger partial charge in [0, 0.05) is 6.54 Å². The topological polar surface area (TPSA) is 66.4 Å². The van der Waals surface area contributed by atoms with E-state index in [4.69, 9.17) is 0 Å². The fourth-order valence-corrected chi connectivity index (χ4v) is 2.39. The van der Waals surface area contributed by atoms with Crippen LogP contribution in [-0.2, 0) is 16.2 Å². The molecule has 0 aliphatic carbocycles. The lowest BCUT2D eigenvalue weighted by atomic mass is 10.1. The van der Waals surface area contributed by atoms with Gasteiger partial charge >= 0.3 is 6.18 Å². The number of benzene rings is 1. The molecule has 1 unspecified atom stereocenters. The highest BCUT2D eigenvalue weighted by atomic mass is 32.2. The summed E-state index contributed by atoms with van der Waals surface area (Å²) in [5.41, 5.74) is -0.918. The minimum atomic E-state index is -4.51. The molecule has 1 rings (SSSR count). The smallest absolute Gasteiger partial charge is 0.391 e. The monoisotopic (exact) mass is 311 g/mol. The average Bonchev–Trinajstić information content (AvgIpc) is 2.35. The first-order chi connectivity index (χ1) is 9.04. The highest BCUT2D eigenvalue weighted by Crippen LogP contribution is 2.29. The van der Waals surface area contributed by atoms with E-state index in [9.17, 15) is 26.7 Å². The van der Waals surface area contributed by atoms with Crippen LogP contribution in [-0.4, -0.2) is 26.2 Å². The van der Waals surface area contributed by atoms with Crippen LogP contribution in [0.15, 0.2) is 29.2 Å². The van der Waals surface area contributed by atoms with E-state index in [-0.39, 0.29) is 17.4 Å². The first kappa shape index (κ1) is 16.9. The SMILES string of the molecule is CC(C)C(O)CNS(=O)(=O)c1ccc(C(F)(F)F)cc1. The van der Waals surface area contributed by atoms with Crippen LogP contribution in [0.4, 0.5) is 13.2 Å². The zero-order valence-corrected chi connectivity index (χ0v) is 11.8. The Labute approximate surface area is 115 Å². The Balaban J connectivity index is 2.83. The van der Waals surface area contributed by atoms with Crippen LogP contribution >= 0.6 is 0 Å². The fraction of sp³-hybridized carbons (Fsp3) is 0.500. The van der Waals surface area contributed by atoms with Gasteiger partial charge in [-0.05, 0) is 30.2 Å². The molecule has 114 valence electrons. The van der Waals surface area contributed by atoms with Crippen molar-refractivity contribution in [2.45, 2.75) is 31.0 Å². The second-order valence-electron chi connectivity index (χ2n) is 4.69. The molecule has 0 saturated carbocycles. The Kier molecular flexibility index (Phi) is 5.17. The first-order valence-corrected chi connectivity index (χ1v) is 7.37. The average molecular weight is 311 g/mol. The van der Waals surface area contributed by atoms with E-state index in [1.165, 1.54) is 0 Å². The van der Waals surface area contributed by atoms with E-state index in [1.54, 1.807) is 13.8 Å². The molecule has 0 amide bonds. The summed E-state index contributed by atoms with van der Waals surface area (Å²) in [6, 6.07) is 3.17. The van der Waals surface area contributed by atoms with Gasteiger partial charge in [-0.25, -0.2) is 13.1 Å². The Morgan fingerprint density at radius 2 is 1.70 bits per heavy atom. The highest BCUT2D eigenvalue weighted by Gasteiger charge is 2.30. The summed E-state index contributed by atoms with van der Waals surface area (Å²) >= 11 is 0. The lowest BCUT2D eigenvalue weighted by Crippen LogP contribution is -2.34. The number of aliphatic hydroxyl groups excluding tert-OH is 1. The van der Waals surface area contributed by atoms with Gasteiger partial charge in [0.15, 0.2) is 0 Å². The normalized spacial score (nSPS) is 14.6. The standard InChI is InChI=1S/C12H16F3NO3S/c1-8(2)11(17)7-16-20(18,19)10-5-3-9(4-6-10)12(13,14)15/h3-6,8,11,16-17H,7H2,1-2H3. The molecule has 1 aromatic rings. The van der Waals surface area contributed by atoms with Gasteiger partial charge in [0.25, 0.3) is 0 Å². The van der Waals surface area contributed by atoms with Crippen LogP contribution in [0.1, 0.15) is 19.4 Å². The molecular weight excluding hydrogens is 295 g/mol. The van der Waals surface area contributed by atoms with Crippen molar-refractivity contribution < 1.29 is 26.7 Å². The van der Waals surface area contributed by atoms with E-state index in [1.807, 2.05) is 0 Å². The van der Waals surface area contributed by atoms with E-state index in [2.05, 4.69) is 4.72 Å². The van der Waals surface area contributed by atoms with Crippen molar-refractivity contribution in [3.63, 3.8) is 0 Å². The molecule has 0 aromatic heterocycles. The third kappa shape index (κ3) is 4.46. The largest absolute Gasteiger partial charge is 0.416 e. The molecule has 8 heteroatoms. The number of halogens is 3. The molecule has 20 heavy (non-hydrogen) atoms. The van der Waals surface area contributed by atoms with Crippen LogP contribution in [0.5, 0.6) is 0 Å². The van der Waals surface area contributed by atoms with Crippen molar-refractivity contribution >= 4 is 10.0 Å². The number of hydrogen-bond donors (Lipinski definition) is 2. The van der Waals surface area contributed by atoms with Crippen LogP contribution < -0.4 is 4.72 Å². The van der Waals surface area contributed by atoms with Gasteiger partial charge in [-0.15, -0.1) is 0 Å². The number of sulfonamides is 1. The lowest BCUT2D eigenvalue weighted by Gasteiger charge is -2.15. The van der Waals surface area contributed by atoms with E-state index in [0.29, 0.717) is 12.1 Å².